The van der Waals surface area contributed by atoms with Gasteiger partial charge in [-0.05, 0) is 13.0 Å². The van der Waals surface area contributed by atoms with E-state index in [0.29, 0.717) is 28.1 Å². The maximum absolute atomic E-state index is 6.04. The number of aryl methyl sites for hydroxylation is 1. The van der Waals surface area contributed by atoms with Crippen LogP contribution in [0.5, 0.6) is 0 Å². The maximum Gasteiger partial charge on any atom is 0.179 e. The molecule has 0 fully saturated rings. The van der Waals surface area contributed by atoms with Crippen molar-refractivity contribution in [2.45, 2.75) is 13.5 Å². The monoisotopic (exact) mass is 268 g/mol. The molecule has 0 aliphatic rings. The van der Waals surface area contributed by atoms with Crippen molar-refractivity contribution in [3.8, 4) is 11.5 Å². The highest BCUT2D eigenvalue weighted by Crippen LogP contribution is 2.25. The van der Waals surface area contributed by atoms with Gasteiger partial charge in [-0.1, -0.05) is 23.2 Å². The minimum atomic E-state index is 0.411. The average molecular weight is 269 g/mol. The molecular formula is C11H10Cl2N4. The number of hydrogen-bond acceptors (Lipinski definition) is 4. The van der Waals surface area contributed by atoms with Crippen LogP contribution in [-0.4, -0.2) is 15.0 Å². The second kappa shape index (κ2) is 4.96. The van der Waals surface area contributed by atoms with Gasteiger partial charge in [-0.25, -0.2) is 15.0 Å². The molecule has 2 aromatic heterocycles. The molecule has 0 aromatic carbocycles. The Morgan fingerprint density at radius 2 is 2.00 bits per heavy atom. The summed E-state index contributed by atoms with van der Waals surface area (Å²) in [6.07, 6.45) is 3.20. The summed E-state index contributed by atoms with van der Waals surface area (Å²) < 4.78 is 0. The Bertz CT molecular complexity index is 557. The first-order valence-corrected chi connectivity index (χ1v) is 5.71. The van der Waals surface area contributed by atoms with E-state index in [2.05, 4.69) is 15.0 Å². The number of pyridine rings is 1. The SMILES string of the molecule is Cc1nc(-c2ncc(Cl)cc2Cl)ncc1CN. The number of halogens is 2. The second-order valence-corrected chi connectivity index (χ2v) is 4.34. The summed E-state index contributed by atoms with van der Waals surface area (Å²) in [5.74, 6) is 0.473. The Morgan fingerprint density at radius 1 is 1.24 bits per heavy atom. The number of nitrogens with zero attached hydrogens (tertiary/aromatic N) is 3. The van der Waals surface area contributed by atoms with E-state index in [0.717, 1.165) is 11.3 Å². The van der Waals surface area contributed by atoms with Gasteiger partial charge in [-0.15, -0.1) is 0 Å². The van der Waals surface area contributed by atoms with Gasteiger partial charge >= 0.3 is 0 Å². The van der Waals surface area contributed by atoms with Crippen LogP contribution >= 0.6 is 23.2 Å². The molecule has 0 saturated carbocycles. The van der Waals surface area contributed by atoms with Crippen molar-refractivity contribution in [2.24, 2.45) is 5.73 Å². The van der Waals surface area contributed by atoms with Gasteiger partial charge in [0, 0.05) is 30.2 Å². The van der Waals surface area contributed by atoms with Crippen LogP contribution in [0.1, 0.15) is 11.3 Å². The summed E-state index contributed by atoms with van der Waals surface area (Å²) in [4.78, 5) is 12.6. The fraction of sp³-hybridized carbons (Fsp3) is 0.182. The highest BCUT2D eigenvalue weighted by molar-refractivity contribution is 6.35. The first-order chi connectivity index (χ1) is 8.11. The predicted molar refractivity (Wildman–Crippen MR) is 67.9 cm³/mol. The Labute approximate surface area is 109 Å². The molecule has 0 aliphatic carbocycles. The first kappa shape index (κ1) is 12.2. The molecule has 88 valence electrons. The molecule has 6 heteroatoms. The maximum atomic E-state index is 6.04. The van der Waals surface area contributed by atoms with Gasteiger partial charge in [-0.3, -0.25) is 0 Å². The van der Waals surface area contributed by atoms with E-state index in [1.807, 2.05) is 6.92 Å². The molecule has 0 spiro atoms. The third-order valence-corrected chi connectivity index (χ3v) is 2.82. The molecule has 4 nitrogen and oxygen atoms in total. The van der Waals surface area contributed by atoms with Gasteiger partial charge in [0.25, 0.3) is 0 Å². The third kappa shape index (κ3) is 2.54. The second-order valence-electron chi connectivity index (χ2n) is 3.49. The molecule has 2 rings (SSSR count). The Kier molecular flexibility index (Phi) is 3.57. The molecular weight excluding hydrogens is 259 g/mol. The Morgan fingerprint density at radius 3 is 2.59 bits per heavy atom. The van der Waals surface area contributed by atoms with E-state index in [1.54, 1.807) is 12.3 Å². The number of hydrogen-bond donors (Lipinski definition) is 1. The van der Waals surface area contributed by atoms with Gasteiger partial charge in [0.05, 0.1) is 10.0 Å². The zero-order chi connectivity index (χ0) is 12.4. The highest BCUT2D eigenvalue weighted by atomic mass is 35.5. The van der Waals surface area contributed by atoms with Gasteiger partial charge in [0.1, 0.15) is 5.69 Å². The largest absolute Gasteiger partial charge is 0.326 e. The molecule has 0 aliphatic heterocycles. The summed E-state index contributed by atoms with van der Waals surface area (Å²) in [5.41, 5.74) is 7.79. The zero-order valence-electron chi connectivity index (χ0n) is 9.11. The van der Waals surface area contributed by atoms with Crippen LogP contribution in [0.25, 0.3) is 11.5 Å². The van der Waals surface area contributed by atoms with Crippen molar-refractivity contribution in [2.75, 3.05) is 0 Å². The van der Waals surface area contributed by atoms with Crippen molar-refractivity contribution in [3.05, 3.63) is 39.8 Å². The lowest BCUT2D eigenvalue weighted by atomic mass is 10.2. The highest BCUT2D eigenvalue weighted by Gasteiger charge is 2.10. The van der Waals surface area contributed by atoms with Crippen molar-refractivity contribution < 1.29 is 0 Å². The predicted octanol–water partition coefficient (Wildman–Crippen LogP) is 2.61. The minimum Gasteiger partial charge on any atom is -0.326 e. The molecule has 17 heavy (non-hydrogen) atoms. The van der Waals surface area contributed by atoms with E-state index in [4.69, 9.17) is 28.9 Å². The summed E-state index contributed by atoms with van der Waals surface area (Å²) in [6, 6.07) is 1.61. The first-order valence-electron chi connectivity index (χ1n) is 4.96. The number of aromatic nitrogens is 3. The van der Waals surface area contributed by atoms with E-state index in [9.17, 15) is 0 Å². The van der Waals surface area contributed by atoms with Crippen LogP contribution in [0.3, 0.4) is 0 Å². The number of nitrogens with two attached hydrogens (primary N) is 1. The summed E-state index contributed by atoms with van der Waals surface area (Å²) in [6.45, 7) is 2.28. The van der Waals surface area contributed by atoms with Gasteiger partial charge < -0.3 is 5.73 Å². The topological polar surface area (TPSA) is 64.7 Å². The van der Waals surface area contributed by atoms with Crippen LogP contribution in [0.2, 0.25) is 10.0 Å². The van der Waals surface area contributed by atoms with E-state index >= 15 is 0 Å². The fourth-order valence-electron chi connectivity index (χ4n) is 1.39. The van der Waals surface area contributed by atoms with Crippen molar-refractivity contribution in [3.63, 3.8) is 0 Å². The zero-order valence-corrected chi connectivity index (χ0v) is 10.6. The smallest absolute Gasteiger partial charge is 0.179 e. The molecule has 2 N–H and O–H groups in total. The third-order valence-electron chi connectivity index (χ3n) is 2.32. The van der Waals surface area contributed by atoms with Gasteiger partial charge in [0.2, 0.25) is 0 Å². The van der Waals surface area contributed by atoms with E-state index in [1.165, 1.54) is 6.20 Å². The molecule has 0 bridgehead atoms. The van der Waals surface area contributed by atoms with Crippen LogP contribution in [0, 0.1) is 6.92 Å². The standard InChI is InChI=1S/C11H10Cl2N4/c1-6-7(3-14)4-16-11(17-6)10-9(13)2-8(12)5-15-10/h2,4-5H,3,14H2,1H3. The molecule has 0 saturated heterocycles. The Balaban J connectivity index is 2.50. The van der Waals surface area contributed by atoms with Crippen molar-refractivity contribution >= 4 is 23.2 Å². The molecule has 0 radical (unpaired) electrons. The van der Waals surface area contributed by atoms with Crippen LogP contribution in [0.15, 0.2) is 18.5 Å². The normalized spacial score (nSPS) is 10.6. The molecule has 0 amide bonds. The van der Waals surface area contributed by atoms with E-state index in [-0.39, 0.29) is 0 Å². The summed E-state index contributed by atoms with van der Waals surface area (Å²) in [5, 5.41) is 0.909. The van der Waals surface area contributed by atoms with Crippen LogP contribution in [0.4, 0.5) is 0 Å². The van der Waals surface area contributed by atoms with Gasteiger partial charge in [0.15, 0.2) is 5.82 Å². The molecule has 2 aromatic rings. The lowest BCUT2D eigenvalue weighted by Gasteiger charge is -2.05. The molecule has 2 heterocycles. The molecule has 0 atom stereocenters. The average Bonchev–Trinajstić information content (AvgIpc) is 2.29. The van der Waals surface area contributed by atoms with Gasteiger partial charge in [-0.2, -0.15) is 0 Å². The van der Waals surface area contributed by atoms with Crippen molar-refractivity contribution in [1.29, 1.82) is 0 Å². The lowest BCUT2D eigenvalue weighted by Crippen LogP contribution is -2.04. The van der Waals surface area contributed by atoms with Crippen molar-refractivity contribution in [1.82, 2.24) is 15.0 Å². The quantitative estimate of drug-likeness (QED) is 0.910. The summed E-state index contributed by atoms with van der Waals surface area (Å²) >= 11 is 11.8. The molecule has 0 unspecified atom stereocenters. The van der Waals surface area contributed by atoms with Crippen LogP contribution < -0.4 is 5.73 Å². The fourth-order valence-corrected chi connectivity index (χ4v) is 1.85. The number of rotatable bonds is 2. The lowest BCUT2D eigenvalue weighted by molar-refractivity contribution is 0.968. The minimum absolute atomic E-state index is 0.411. The van der Waals surface area contributed by atoms with E-state index < -0.39 is 0 Å². The Hall–Kier alpha value is -1.23. The van der Waals surface area contributed by atoms with Crippen LogP contribution in [-0.2, 0) is 6.54 Å². The summed E-state index contributed by atoms with van der Waals surface area (Å²) in [7, 11) is 0.